The monoisotopic (exact) mass is 824 g/mol. The molecule has 0 aromatic heterocycles. The van der Waals surface area contributed by atoms with Crippen molar-refractivity contribution in [3.8, 4) is 0 Å². The van der Waals surface area contributed by atoms with Crippen molar-refractivity contribution in [1.82, 2.24) is 0 Å². The number of ether oxygens (including phenoxy) is 2. The van der Waals surface area contributed by atoms with Gasteiger partial charge in [0.1, 0.15) is 6.61 Å². The summed E-state index contributed by atoms with van der Waals surface area (Å²) in [6.07, 6.45) is 49.9. The summed E-state index contributed by atoms with van der Waals surface area (Å²) in [5, 5.41) is 0. The van der Waals surface area contributed by atoms with Crippen molar-refractivity contribution in [3.05, 3.63) is 48.6 Å². The molecule has 0 bridgehead atoms. The first kappa shape index (κ1) is 55.0. The highest BCUT2D eigenvalue weighted by Gasteiger charge is 2.26. The van der Waals surface area contributed by atoms with Gasteiger partial charge in [0.25, 0.3) is 0 Å². The van der Waals surface area contributed by atoms with Gasteiger partial charge in [-0.1, -0.05) is 165 Å². The molecule has 0 saturated heterocycles. The van der Waals surface area contributed by atoms with Crippen molar-refractivity contribution in [2.45, 2.75) is 213 Å². The number of esters is 2. The van der Waals surface area contributed by atoms with Gasteiger partial charge in [0.2, 0.25) is 0 Å². The molecule has 0 heterocycles. The molecule has 1 unspecified atom stereocenters. The largest absolute Gasteiger partial charge is 0.472 e. The van der Waals surface area contributed by atoms with E-state index in [-0.39, 0.29) is 38.6 Å². The van der Waals surface area contributed by atoms with E-state index in [9.17, 15) is 19.0 Å². The van der Waals surface area contributed by atoms with E-state index in [4.69, 9.17) is 24.3 Å². The van der Waals surface area contributed by atoms with Gasteiger partial charge in [0, 0.05) is 19.4 Å². The number of carbonyl (C=O) groups excluding carboxylic acids is 2. The number of carbonyl (C=O) groups is 2. The third kappa shape index (κ3) is 43.4. The van der Waals surface area contributed by atoms with Crippen LogP contribution in [0.4, 0.5) is 0 Å². The zero-order valence-electron chi connectivity index (χ0n) is 36.6. The number of hydrogen-bond acceptors (Lipinski definition) is 8. The van der Waals surface area contributed by atoms with Crippen LogP contribution in [0.5, 0.6) is 0 Å². The molecule has 0 aromatic carbocycles. The van der Waals surface area contributed by atoms with E-state index in [1.807, 2.05) is 0 Å². The molecule has 10 heteroatoms. The molecular formula is C47H86NO8P. The van der Waals surface area contributed by atoms with Crippen molar-refractivity contribution < 1.29 is 37.6 Å². The van der Waals surface area contributed by atoms with E-state index in [1.54, 1.807) is 0 Å². The number of hydrogen-bond donors (Lipinski definition) is 2. The van der Waals surface area contributed by atoms with Crippen LogP contribution in [0, 0.1) is 0 Å². The molecule has 0 radical (unpaired) electrons. The van der Waals surface area contributed by atoms with Crippen LogP contribution in [0.3, 0.4) is 0 Å². The van der Waals surface area contributed by atoms with E-state index < -0.39 is 26.5 Å². The molecule has 57 heavy (non-hydrogen) atoms. The van der Waals surface area contributed by atoms with Crippen LogP contribution < -0.4 is 5.73 Å². The lowest BCUT2D eigenvalue weighted by Gasteiger charge is -2.19. The van der Waals surface area contributed by atoms with E-state index in [1.165, 1.54) is 116 Å². The minimum absolute atomic E-state index is 0.0480. The molecule has 0 spiro atoms. The third-order valence-electron chi connectivity index (χ3n) is 9.69. The van der Waals surface area contributed by atoms with Gasteiger partial charge in [0.05, 0.1) is 13.2 Å². The Balaban J connectivity index is 4.15. The van der Waals surface area contributed by atoms with Gasteiger partial charge in [-0.15, -0.1) is 0 Å². The Morgan fingerprint density at radius 2 is 0.912 bits per heavy atom. The number of nitrogens with two attached hydrogens (primary N) is 1. The Morgan fingerprint density at radius 1 is 0.526 bits per heavy atom. The molecule has 332 valence electrons. The molecule has 0 aliphatic heterocycles. The average Bonchev–Trinajstić information content (AvgIpc) is 3.20. The summed E-state index contributed by atoms with van der Waals surface area (Å²) in [6, 6.07) is 0. The SMILES string of the molecule is CCCCC/C=C\C/C=C\C/C=C\CCCCCCC(=O)O[C@H](COC(=O)CCCCCCCCCCC/C=C\CCCCCCCC)COP(=O)(O)OCCN. The topological polar surface area (TPSA) is 134 Å². The maximum Gasteiger partial charge on any atom is 0.472 e. The summed E-state index contributed by atoms with van der Waals surface area (Å²) in [5.41, 5.74) is 5.35. The highest BCUT2D eigenvalue weighted by molar-refractivity contribution is 7.47. The molecule has 0 aromatic rings. The van der Waals surface area contributed by atoms with E-state index in [0.29, 0.717) is 6.42 Å². The summed E-state index contributed by atoms with van der Waals surface area (Å²) >= 11 is 0. The minimum atomic E-state index is -4.39. The van der Waals surface area contributed by atoms with Gasteiger partial charge in [-0.2, -0.15) is 0 Å². The molecule has 2 atom stereocenters. The zero-order chi connectivity index (χ0) is 41.8. The van der Waals surface area contributed by atoms with Crippen molar-refractivity contribution in [1.29, 1.82) is 0 Å². The molecule has 0 rings (SSSR count). The fourth-order valence-corrected chi connectivity index (χ4v) is 6.99. The van der Waals surface area contributed by atoms with Crippen LogP contribution in [-0.2, 0) is 32.7 Å². The van der Waals surface area contributed by atoms with E-state index in [2.05, 4.69) is 62.5 Å². The Bertz CT molecular complexity index is 1080. The molecule has 0 fully saturated rings. The van der Waals surface area contributed by atoms with Crippen molar-refractivity contribution >= 4 is 19.8 Å². The molecule has 0 aliphatic carbocycles. The quantitative estimate of drug-likeness (QED) is 0.0267. The Hall–Kier alpha value is -2.03. The minimum Gasteiger partial charge on any atom is -0.462 e. The number of allylic oxidation sites excluding steroid dienone is 8. The molecule has 0 saturated carbocycles. The molecule has 9 nitrogen and oxygen atoms in total. The smallest absolute Gasteiger partial charge is 0.462 e. The lowest BCUT2D eigenvalue weighted by atomic mass is 10.1. The van der Waals surface area contributed by atoms with E-state index >= 15 is 0 Å². The third-order valence-corrected chi connectivity index (χ3v) is 10.7. The fraction of sp³-hybridized carbons (Fsp3) is 0.787. The van der Waals surface area contributed by atoms with Crippen LogP contribution >= 0.6 is 7.82 Å². The lowest BCUT2D eigenvalue weighted by Crippen LogP contribution is -2.29. The summed E-state index contributed by atoms with van der Waals surface area (Å²) in [6.45, 7) is 3.68. The fourth-order valence-electron chi connectivity index (χ4n) is 6.22. The van der Waals surface area contributed by atoms with Crippen LogP contribution in [0.25, 0.3) is 0 Å². The second-order valence-corrected chi connectivity index (χ2v) is 16.7. The van der Waals surface area contributed by atoms with Gasteiger partial charge in [-0.05, 0) is 77.0 Å². The van der Waals surface area contributed by atoms with Crippen molar-refractivity contribution in [2.24, 2.45) is 5.73 Å². The molecule has 0 amide bonds. The van der Waals surface area contributed by atoms with E-state index in [0.717, 1.165) is 57.8 Å². The first-order chi connectivity index (χ1) is 27.8. The Labute approximate surface area is 349 Å². The van der Waals surface area contributed by atoms with Crippen molar-refractivity contribution in [3.63, 3.8) is 0 Å². The average molecular weight is 824 g/mol. The standard InChI is InChI=1S/C47H86NO8P/c1-3-5-7-9-11-13-15-17-19-21-22-24-25-27-29-31-33-35-37-39-46(49)53-43-45(44-55-57(51,52)54-42-41-48)56-47(50)40-38-36-34-32-30-28-26-23-20-18-16-14-12-10-8-6-4-2/h12,14,17-20,26,28,45H,3-11,13,15-16,21-25,27,29-44,48H2,1-2H3,(H,51,52)/b14-12-,19-17-,20-18-,28-26-/t45-/m1/s1. The maximum absolute atomic E-state index is 12.6. The first-order valence-corrected chi connectivity index (χ1v) is 24.6. The van der Waals surface area contributed by atoms with Gasteiger partial charge < -0.3 is 20.1 Å². The maximum atomic E-state index is 12.6. The zero-order valence-corrected chi connectivity index (χ0v) is 37.5. The predicted octanol–water partition coefficient (Wildman–Crippen LogP) is 13.5. The highest BCUT2D eigenvalue weighted by atomic mass is 31.2. The van der Waals surface area contributed by atoms with Gasteiger partial charge >= 0.3 is 19.8 Å². The number of phosphoric acid groups is 1. The number of rotatable bonds is 43. The summed E-state index contributed by atoms with van der Waals surface area (Å²) < 4.78 is 32.8. The highest BCUT2D eigenvalue weighted by Crippen LogP contribution is 2.43. The summed E-state index contributed by atoms with van der Waals surface area (Å²) in [7, 11) is -4.39. The Kier molecular flexibility index (Phi) is 42.0. The second kappa shape index (κ2) is 43.5. The lowest BCUT2D eigenvalue weighted by molar-refractivity contribution is -0.161. The molecule has 0 aliphatic rings. The van der Waals surface area contributed by atoms with Gasteiger partial charge in [-0.3, -0.25) is 18.6 Å². The molecular weight excluding hydrogens is 737 g/mol. The second-order valence-electron chi connectivity index (χ2n) is 15.3. The van der Waals surface area contributed by atoms with Gasteiger partial charge in [-0.25, -0.2) is 4.57 Å². The van der Waals surface area contributed by atoms with Crippen LogP contribution in [0.1, 0.15) is 206 Å². The van der Waals surface area contributed by atoms with Gasteiger partial charge in [0.15, 0.2) is 6.10 Å². The number of phosphoric ester groups is 1. The Morgan fingerprint density at radius 3 is 1.40 bits per heavy atom. The summed E-state index contributed by atoms with van der Waals surface area (Å²) in [4.78, 5) is 34.9. The summed E-state index contributed by atoms with van der Waals surface area (Å²) in [5.74, 6) is -0.854. The molecule has 3 N–H and O–H groups in total. The first-order valence-electron chi connectivity index (χ1n) is 23.1. The van der Waals surface area contributed by atoms with Crippen LogP contribution in [0.2, 0.25) is 0 Å². The number of unbranched alkanes of at least 4 members (excludes halogenated alkanes) is 22. The normalized spacial score (nSPS) is 13.7. The predicted molar refractivity (Wildman–Crippen MR) is 238 cm³/mol. The van der Waals surface area contributed by atoms with Crippen LogP contribution in [-0.4, -0.2) is 49.3 Å². The van der Waals surface area contributed by atoms with Crippen molar-refractivity contribution in [2.75, 3.05) is 26.4 Å². The van der Waals surface area contributed by atoms with Crippen LogP contribution in [0.15, 0.2) is 48.6 Å².